The molecule has 1 aliphatic rings. The minimum Gasteiger partial charge on any atom is -0.340 e. The molecule has 0 bridgehead atoms. The summed E-state index contributed by atoms with van der Waals surface area (Å²) in [5, 5.41) is 8.69. The summed E-state index contributed by atoms with van der Waals surface area (Å²) in [7, 11) is 0. The summed E-state index contributed by atoms with van der Waals surface area (Å²) < 4.78 is 7.10. The normalized spacial score (nSPS) is 20.1. The number of likely N-dealkylation sites (tertiary alicyclic amines) is 1. The van der Waals surface area contributed by atoms with Crippen LogP contribution in [0.1, 0.15) is 56.2 Å². The van der Waals surface area contributed by atoms with Gasteiger partial charge in [-0.1, -0.05) is 5.16 Å². The molecule has 0 amide bonds. The molecular formula is C14H21N5O. The second kappa shape index (κ2) is 5.36. The lowest BCUT2D eigenvalue weighted by molar-refractivity contribution is 0.230. The van der Waals surface area contributed by atoms with E-state index < -0.39 is 0 Å². The third kappa shape index (κ3) is 2.60. The van der Waals surface area contributed by atoms with Crippen molar-refractivity contribution in [2.24, 2.45) is 0 Å². The van der Waals surface area contributed by atoms with Crippen LogP contribution >= 0.6 is 0 Å². The molecular weight excluding hydrogens is 254 g/mol. The molecule has 20 heavy (non-hydrogen) atoms. The largest absolute Gasteiger partial charge is 0.340 e. The molecule has 2 aromatic heterocycles. The van der Waals surface area contributed by atoms with Gasteiger partial charge >= 0.3 is 0 Å². The molecule has 0 aliphatic carbocycles. The fourth-order valence-electron chi connectivity index (χ4n) is 2.72. The summed E-state index contributed by atoms with van der Waals surface area (Å²) in [4.78, 5) is 6.76. The zero-order chi connectivity index (χ0) is 14.1. The highest BCUT2D eigenvalue weighted by atomic mass is 16.5. The van der Waals surface area contributed by atoms with E-state index in [0.29, 0.717) is 11.9 Å². The average Bonchev–Trinajstić information content (AvgIpc) is 3.09. The smallest absolute Gasteiger partial charge is 0.223 e. The van der Waals surface area contributed by atoms with Gasteiger partial charge in [-0.05, 0) is 39.3 Å². The van der Waals surface area contributed by atoms with Crippen LogP contribution in [0.15, 0.2) is 16.8 Å². The summed E-state index contributed by atoms with van der Waals surface area (Å²) in [6, 6.07) is 2.76. The third-order valence-corrected chi connectivity index (χ3v) is 3.76. The Morgan fingerprint density at radius 2 is 2.30 bits per heavy atom. The number of aromatic nitrogens is 4. The van der Waals surface area contributed by atoms with Crippen molar-refractivity contribution in [1.82, 2.24) is 24.8 Å². The molecule has 2 aromatic rings. The Morgan fingerprint density at radius 1 is 1.45 bits per heavy atom. The lowest BCUT2D eigenvalue weighted by Gasteiger charge is -2.20. The summed E-state index contributed by atoms with van der Waals surface area (Å²) in [5.41, 5.74) is 1.10. The van der Waals surface area contributed by atoms with Crippen molar-refractivity contribution in [1.29, 1.82) is 0 Å². The van der Waals surface area contributed by atoms with Crippen LogP contribution in [0.5, 0.6) is 0 Å². The van der Waals surface area contributed by atoms with Crippen molar-refractivity contribution in [3.8, 4) is 0 Å². The molecule has 0 spiro atoms. The first kappa shape index (κ1) is 13.3. The minimum atomic E-state index is 0.261. The first-order valence-corrected chi connectivity index (χ1v) is 7.22. The maximum Gasteiger partial charge on any atom is 0.223 e. The molecule has 108 valence electrons. The van der Waals surface area contributed by atoms with Crippen LogP contribution < -0.4 is 0 Å². The minimum absolute atomic E-state index is 0.261. The van der Waals surface area contributed by atoms with Gasteiger partial charge in [-0.15, -0.1) is 0 Å². The number of aryl methyl sites for hydroxylation is 1. The van der Waals surface area contributed by atoms with Crippen molar-refractivity contribution < 1.29 is 4.52 Å². The monoisotopic (exact) mass is 275 g/mol. The molecule has 0 radical (unpaired) electrons. The molecule has 3 heterocycles. The molecule has 1 atom stereocenters. The summed E-state index contributed by atoms with van der Waals surface area (Å²) in [5.74, 6) is 1.44. The van der Waals surface area contributed by atoms with Gasteiger partial charge in [-0.2, -0.15) is 10.1 Å². The van der Waals surface area contributed by atoms with E-state index >= 15 is 0 Å². The lowest BCUT2D eigenvalue weighted by Crippen LogP contribution is -2.24. The van der Waals surface area contributed by atoms with E-state index in [9.17, 15) is 0 Å². The predicted molar refractivity (Wildman–Crippen MR) is 74.0 cm³/mol. The number of nitrogens with zero attached hydrogens (tertiary/aromatic N) is 5. The van der Waals surface area contributed by atoms with E-state index in [2.05, 4.69) is 40.1 Å². The van der Waals surface area contributed by atoms with E-state index in [1.165, 1.54) is 6.42 Å². The van der Waals surface area contributed by atoms with Gasteiger partial charge in [-0.25, -0.2) is 0 Å². The maximum atomic E-state index is 5.10. The standard InChI is InChI=1S/C14H21N5O/c1-10(2)19-8-6-12(16-19)9-18-7-4-5-13(18)14-15-11(3)20-17-14/h6,8,10,13H,4-5,7,9H2,1-3H3. The van der Waals surface area contributed by atoms with Crippen LogP contribution in [0.4, 0.5) is 0 Å². The topological polar surface area (TPSA) is 60.0 Å². The zero-order valence-corrected chi connectivity index (χ0v) is 12.3. The van der Waals surface area contributed by atoms with Crippen LogP contribution in [0.3, 0.4) is 0 Å². The Kier molecular flexibility index (Phi) is 3.56. The second-order valence-electron chi connectivity index (χ2n) is 5.68. The van der Waals surface area contributed by atoms with Gasteiger partial charge in [0.25, 0.3) is 0 Å². The highest BCUT2D eigenvalue weighted by Gasteiger charge is 2.30. The van der Waals surface area contributed by atoms with Gasteiger partial charge in [-0.3, -0.25) is 9.58 Å². The average molecular weight is 275 g/mol. The van der Waals surface area contributed by atoms with E-state index in [0.717, 1.165) is 31.0 Å². The molecule has 0 saturated carbocycles. The Bertz CT molecular complexity index is 574. The fraction of sp³-hybridized carbons (Fsp3) is 0.643. The number of rotatable bonds is 4. The van der Waals surface area contributed by atoms with Crippen molar-refractivity contribution in [3.63, 3.8) is 0 Å². The van der Waals surface area contributed by atoms with Crippen molar-refractivity contribution in [3.05, 3.63) is 29.7 Å². The molecule has 1 unspecified atom stereocenters. The van der Waals surface area contributed by atoms with Crippen LogP contribution in [-0.2, 0) is 6.54 Å². The maximum absolute atomic E-state index is 5.10. The van der Waals surface area contributed by atoms with E-state index in [1.807, 2.05) is 17.8 Å². The molecule has 3 rings (SSSR count). The summed E-state index contributed by atoms with van der Waals surface area (Å²) in [6.45, 7) is 8.01. The Hall–Kier alpha value is -1.69. The predicted octanol–water partition coefficient (Wildman–Crippen LogP) is 2.49. The van der Waals surface area contributed by atoms with E-state index in [1.54, 1.807) is 0 Å². The first-order chi connectivity index (χ1) is 9.63. The van der Waals surface area contributed by atoms with Gasteiger partial charge in [0.1, 0.15) is 0 Å². The lowest BCUT2D eigenvalue weighted by atomic mass is 10.2. The van der Waals surface area contributed by atoms with Gasteiger partial charge in [0.15, 0.2) is 5.82 Å². The number of hydrogen-bond acceptors (Lipinski definition) is 5. The van der Waals surface area contributed by atoms with Gasteiger partial charge in [0, 0.05) is 25.7 Å². The van der Waals surface area contributed by atoms with Crippen LogP contribution in [-0.4, -0.2) is 31.4 Å². The Balaban J connectivity index is 1.72. The SMILES string of the molecule is Cc1nc(C2CCCN2Cc2ccn(C(C)C)n2)no1. The van der Waals surface area contributed by atoms with Gasteiger partial charge in [0.05, 0.1) is 11.7 Å². The molecule has 1 aliphatic heterocycles. The molecule has 1 saturated heterocycles. The Morgan fingerprint density at radius 3 is 2.95 bits per heavy atom. The molecule has 0 aromatic carbocycles. The highest BCUT2D eigenvalue weighted by molar-refractivity contribution is 5.03. The van der Waals surface area contributed by atoms with Crippen molar-refractivity contribution in [2.45, 2.75) is 52.2 Å². The third-order valence-electron chi connectivity index (χ3n) is 3.76. The Labute approximate surface area is 118 Å². The molecule has 6 nitrogen and oxygen atoms in total. The highest BCUT2D eigenvalue weighted by Crippen LogP contribution is 2.31. The molecule has 6 heteroatoms. The summed E-state index contributed by atoms with van der Waals surface area (Å²) >= 11 is 0. The zero-order valence-electron chi connectivity index (χ0n) is 12.3. The quantitative estimate of drug-likeness (QED) is 0.858. The van der Waals surface area contributed by atoms with Crippen molar-refractivity contribution in [2.75, 3.05) is 6.54 Å². The van der Waals surface area contributed by atoms with E-state index in [4.69, 9.17) is 4.52 Å². The van der Waals surface area contributed by atoms with Gasteiger partial charge in [0.2, 0.25) is 5.89 Å². The van der Waals surface area contributed by atoms with Crippen LogP contribution in [0.2, 0.25) is 0 Å². The van der Waals surface area contributed by atoms with E-state index in [-0.39, 0.29) is 6.04 Å². The first-order valence-electron chi connectivity index (χ1n) is 7.22. The van der Waals surface area contributed by atoms with Gasteiger partial charge < -0.3 is 4.52 Å². The fourth-order valence-corrected chi connectivity index (χ4v) is 2.72. The molecule has 1 fully saturated rings. The van der Waals surface area contributed by atoms with Crippen LogP contribution in [0, 0.1) is 6.92 Å². The second-order valence-corrected chi connectivity index (χ2v) is 5.68. The van der Waals surface area contributed by atoms with Crippen molar-refractivity contribution >= 4 is 0 Å². The number of hydrogen-bond donors (Lipinski definition) is 0. The molecule has 0 N–H and O–H groups in total. The van der Waals surface area contributed by atoms with Crippen LogP contribution in [0.25, 0.3) is 0 Å². The summed E-state index contributed by atoms with van der Waals surface area (Å²) in [6.07, 6.45) is 4.30.